The fourth-order valence-electron chi connectivity index (χ4n) is 5.22. The number of hydrogen-bond donors (Lipinski definition) is 3. The van der Waals surface area contributed by atoms with Crippen LogP contribution in [0.1, 0.15) is 59.4 Å². The number of carbonyl (C=O) groups is 3. The van der Waals surface area contributed by atoms with E-state index in [9.17, 15) is 14.4 Å². The van der Waals surface area contributed by atoms with Crippen LogP contribution >= 0.6 is 0 Å². The van der Waals surface area contributed by atoms with Crippen LogP contribution in [0, 0.1) is 0 Å². The van der Waals surface area contributed by atoms with E-state index in [0.717, 1.165) is 49.4 Å². The number of nitrogens with zero attached hydrogens (tertiary/aromatic N) is 1. The normalized spacial score (nSPS) is 24.1. The molecule has 5 rings (SSSR count). The molecule has 2 aliphatic carbocycles. The van der Waals surface area contributed by atoms with Crippen LogP contribution in [0.3, 0.4) is 0 Å². The van der Waals surface area contributed by atoms with Crippen LogP contribution in [0.25, 0.3) is 10.9 Å². The zero-order valence-electron chi connectivity index (χ0n) is 16.9. The molecule has 156 valence electrons. The van der Waals surface area contributed by atoms with Gasteiger partial charge in [0.25, 0.3) is 11.8 Å². The lowest BCUT2D eigenvalue weighted by Gasteiger charge is -2.47. The van der Waals surface area contributed by atoms with E-state index in [1.165, 1.54) is 6.08 Å². The van der Waals surface area contributed by atoms with Crippen LogP contribution in [0.4, 0.5) is 0 Å². The van der Waals surface area contributed by atoms with Crippen LogP contribution in [-0.2, 0) is 10.3 Å². The number of amides is 3. The smallest absolute Gasteiger partial charge is 0.268 e. The Balaban J connectivity index is 1.43. The molecule has 1 aromatic heterocycles. The van der Waals surface area contributed by atoms with Crippen LogP contribution < -0.4 is 16.0 Å². The number of carbonyl (C=O) groups excluding carboxylic acids is 3. The van der Waals surface area contributed by atoms with Crippen molar-refractivity contribution in [3.63, 3.8) is 0 Å². The van der Waals surface area contributed by atoms with Gasteiger partial charge in [0, 0.05) is 29.6 Å². The predicted molar refractivity (Wildman–Crippen MR) is 113 cm³/mol. The molecule has 2 fully saturated rings. The Bertz CT molecular complexity index is 1070. The summed E-state index contributed by atoms with van der Waals surface area (Å²) in [6.07, 6.45) is 7.10. The fourth-order valence-corrected chi connectivity index (χ4v) is 5.22. The Morgan fingerprint density at radius 3 is 2.60 bits per heavy atom. The fraction of sp³-hybridized carbons (Fsp3) is 0.435. The SMILES string of the molecule is C=CC(=O)N[C@@H]1CCC[C@H]1NC(=O)c1ccc2cc3n(c2c1)C1(CCC1)CNC3=O. The first kappa shape index (κ1) is 18.9. The molecule has 2 heterocycles. The van der Waals surface area contributed by atoms with Gasteiger partial charge >= 0.3 is 0 Å². The molecule has 2 saturated carbocycles. The van der Waals surface area contributed by atoms with Crippen molar-refractivity contribution in [1.82, 2.24) is 20.5 Å². The maximum absolute atomic E-state index is 13.0. The molecule has 7 heteroatoms. The first-order chi connectivity index (χ1) is 14.5. The van der Waals surface area contributed by atoms with E-state index in [0.29, 0.717) is 17.8 Å². The lowest BCUT2D eigenvalue weighted by atomic mass is 9.75. The number of fused-ring (bicyclic) bond motifs is 4. The quantitative estimate of drug-likeness (QED) is 0.680. The minimum Gasteiger partial charge on any atom is -0.348 e. The molecule has 1 spiro atoms. The van der Waals surface area contributed by atoms with Gasteiger partial charge in [-0.1, -0.05) is 12.6 Å². The Labute approximate surface area is 174 Å². The Kier molecular flexibility index (Phi) is 4.41. The third kappa shape index (κ3) is 2.91. The highest BCUT2D eigenvalue weighted by Gasteiger charge is 2.44. The third-order valence-corrected chi connectivity index (χ3v) is 6.98. The average Bonchev–Trinajstić information content (AvgIpc) is 3.31. The van der Waals surface area contributed by atoms with Crippen molar-refractivity contribution in [3.05, 3.63) is 48.2 Å². The Hall–Kier alpha value is -3.09. The van der Waals surface area contributed by atoms with Crippen molar-refractivity contribution < 1.29 is 14.4 Å². The van der Waals surface area contributed by atoms with Crippen molar-refractivity contribution in [2.45, 2.75) is 56.1 Å². The van der Waals surface area contributed by atoms with Gasteiger partial charge in [0.2, 0.25) is 5.91 Å². The highest BCUT2D eigenvalue weighted by Crippen LogP contribution is 2.44. The topological polar surface area (TPSA) is 92.2 Å². The first-order valence-corrected chi connectivity index (χ1v) is 10.7. The van der Waals surface area contributed by atoms with Gasteiger partial charge in [0.15, 0.2) is 0 Å². The minimum atomic E-state index is -0.216. The number of aromatic nitrogens is 1. The van der Waals surface area contributed by atoms with E-state index in [4.69, 9.17) is 0 Å². The van der Waals surface area contributed by atoms with Gasteiger partial charge in [0.05, 0.1) is 11.1 Å². The van der Waals surface area contributed by atoms with Gasteiger partial charge in [-0.05, 0) is 62.8 Å². The molecule has 30 heavy (non-hydrogen) atoms. The van der Waals surface area contributed by atoms with Crippen molar-refractivity contribution in [2.75, 3.05) is 6.54 Å². The van der Waals surface area contributed by atoms with E-state index in [-0.39, 0.29) is 35.3 Å². The predicted octanol–water partition coefficient (Wildman–Crippen LogP) is 2.22. The summed E-state index contributed by atoms with van der Waals surface area (Å²) in [5, 5.41) is 10.0. The van der Waals surface area contributed by atoms with E-state index in [2.05, 4.69) is 27.1 Å². The lowest BCUT2D eigenvalue weighted by Crippen LogP contribution is -2.55. The monoisotopic (exact) mass is 406 g/mol. The molecule has 3 aliphatic rings. The van der Waals surface area contributed by atoms with Gasteiger partial charge in [-0.15, -0.1) is 0 Å². The summed E-state index contributed by atoms with van der Waals surface area (Å²) < 4.78 is 2.16. The molecule has 2 atom stereocenters. The number of rotatable bonds is 4. The summed E-state index contributed by atoms with van der Waals surface area (Å²) in [6, 6.07) is 7.37. The highest BCUT2D eigenvalue weighted by molar-refractivity contribution is 6.03. The summed E-state index contributed by atoms with van der Waals surface area (Å²) in [7, 11) is 0. The largest absolute Gasteiger partial charge is 0.348 e. The molecule has 0 bridgehead atoms. The molecule has 7 nitrogen and oxygen atoms in total. The minimum absolute atomic E-state index is 0.0542. The summed E-state index contributed by atoms with van der Waals surface area (Å²) in [5.74, 6) is -0.423. The third-order valence-electron chi connectivity index (χ3n) is 6.98. The second-order valence-corrected chi connectivity index (χ2v) is 8.73. The van der Waals surface area contributed by atoms with E-state index in [1.807, 2.05) is 18.2 Å². The van der Waals surface area contributed by atoms with Crippen molar-refractivity contribution >= 4 is 28.6 Å². The molecule has 2 aromatic rings. The average molecular weight is 406 g/mol. The molecular formula is C23H26N4O3. The Morgan fingerprint density at radius 1 is 1.13 bits per heavy atom. The molecular weight excluding hydrogens is 380 g/mol. The summed E-state index contributed by atoms with van der Waals surface area (Å²) in [6.45, 7) is 4.14. The Morgan fingerprint density at radius 2 is 1.90 bits per heavy atom. The zero-order chi connectivity index (χ0) is 20.9. The molecule has 3 amide bonds. The van der Waals surface area contributed by atoms with Gasteiger partial charge in [-0.25, -0.2) is 0 Å². The summed E-state index contributed by atoms with van der Waals surface area (Å²) in [5.41, 5.74) is 2.13. The van der Waals surface area contributed by atoms with Gasteiger partial charge < -0.3 is 20.5 Å². The second kappa shape index (κ2) is 7.00. The molecule has 1 aliphatic heterocycles. The van der Waals surface area contributed by atoms with Crippen LogP contribution in [0.5, 0.6) is 0 Å². The van der Waals surface area contributed by atoms with Crippen LogP contribution in [-0.4, -0.2) is 40.9 Å². The van der Waals surface area contributed by atoms with E-state index >= 15 is 0 Å². The van der Waals surface area contributed by atoms with E-state index in [1.54, 1.807) is 6.07 Å². The molecule has 0 radical (unpaired) electrons. The standard InChI is InChI=1S/C23H26N4O3/c1-2-20(28)25-16-5-3-6-17(16)26-21(29)15-8-7-14-11-19-22(30)24-13-23(9-4-10-23)27(19)18(14)12-15/h2,7-8,11-12,16-17H,1,3-6,9-10,13H2,(H,24,30)(H,25,28)(H,26,29)/t16-,17-/m1/s1. The number of hydrogen-bond acceptors (Lipinski definition) is 3. The lowest BCUT2D eigenvalue weighted by molar-refractivity contribution is -0.117. The highest BCUT2D eigenvalue weighted by atomic mass is 16.2. The van der Waals surface area contributed by atoms with Crippen LogP contribution in [0.15, 0.2) is 36.9 Å². The van der Waals surface area contributed by atoms with Crippen molar-refractivity contribution in [3.8, 4) is 0 Å². The number of nitrogens with one attached hydrogen (secondary N) is 3. The van der Waals surface area contributed by atoms with Gasteiger partial charge in [-0.3, -0.25) is 14.4 Å². The molecule has 1 aromatic carbocycles. The molecule has 0 saturated heterocycles. The molecule has 0 unspecified atom stereocenters. The number of benzene rings is 1. The summed E-state index contributed by atoms with van der Waals surface area (Å²) in [4.78, 5) is 37.1. The molecule has 3 N–H and O–H groups in total. The van der Waals surface area contributed by atoms with E-state index < -0.39 is 0 Å². The van der Waals surface area contributed by atoms with Crippen molar-refractivity contribution in [1.29, 1.82) is 0 Å². The zero-order valence-corrected chi connectivity index (χ0v) is 16.9. The summed E-state index contributed by atoms with van der Waals surface area (Å²) >= 11 is 0. The van der Waals surface area contributed by atoms with Gasteiger partial charge in [-0.2, -0.15) is 0 Å². The maximum Gasteiger partial charge on any atom is 0.268 e. The van der Waals surface area contributed by atoms with Crippen molar-refractivity contribution in [2.24, 2.45) is 0 Å². The van der Waals surface area contributed by atoms with Crippen LogP contribution in [0.2, 0.25) is 0 Å². The maximum atomic E-state index is 13.0. The first-order valence-electron chi connectivity index (χ1n) is 10.7. The second-order valence-electron chi connectivity index (χ2n) is 8.73. The van der Waals surface area contributed by atoms with Gasteiger partial charge in [0.1, 0.15) is 5.69 Å².